The summed E-state index contributed by atoms with van der Waals surface area (Å²) < 4.78 is 25.9. The van der Waals surface area contributed by atoms with E-state index in [0.29, 0.717) is 6.42 Å². The van der Waals surface area contributed by atoms with Gasteiger partial charge in [-0.1, -0.05) is 68.4 Å². The van der Waals surface area contributed by atoms with Gasteiger partial charge in [0.05, 0.1) is 13.2 Å². The zero-order valence-corrected chi connectivity index (χ0v) is 21.5. The quantitative estimate of drug-likeness (QED) is 0.0806. The molecule has 0 rings (SSSR count). The smallest absolute Gasteiger partial charge is 0.463 e. The molecular formula is C25H44NO7P. The Morgan fingerprint density at radius 2 is 1.50 bits per heavy atom. The van der Waals surface area contributed by atoms with E-state index in [1.165, 1.54) is 25.7 Å². The highest BCUT2D eigenvalue weighted by Gasteiger charge is 2.27. The molecule has 9 heteroatoms. The van der Waals surface area contributed by atoms with Gasteiger partial charge in [-0.25, -0.2) is 4.57 Å². The molecule has 0 saturated carbocycles. The highest BCUT2D eigenvalue weighted by molar-refractivity contribution is 7.47. The molecule has 0 saturated heterocycles. The molecule has 0 heterocycles. The van der Waals surface area contributed by atoms with E-state index in [9.17, 15) is 19.4 Å². The fourth-order valence-electron chi connectivity index (χ4n) is 2.69. The second kappa shape index (κ2) is 23.2. The van der Waals surface area contributed by atoms with Gasteiger partial charge in [-0.05, 0) is 44.9 Å². The third-order valence-electron chi connectivity index (χ3n) is 4.50. The summed E-state index contributed by atoms with van der Waals surface area (Å²) in [5.41, 5.74) is 5.19. The van der Waals surface area contributed by atoms with Crippen molar-refractivity contribution in [3.63, 3.8) is 0 Å². The summed E-state index contributed by atoms with van der Waals surface area (Å²) in [7, 11) is -4.35. The number of carbonyl (C=O) groups is 1. The molecule has 0 aromatic carbocycles. The third kappa shape index (κ3) is 22.3. The predicted octanol–water partition coefficient (Wildman–Crippen LogP) is 5.13. The van der Waals surface area contributed by atoms with Gasteiger partial charge in [0.2, 0.25) is 0 Å². The van der Waals surface area contributed by atoms with Gasteiger partial charge in [0.15, 0.2) is 0 Å². The number of aliphatic hydroxyl groups is 1. The largest absolute Gasteiger partial charge is 0.472 e. The van der Waals surface area contributed by atoms with Crippen molar-refractivity contribution in [2.24, 2.45) is 5.73 Å². The molecular weight excluding hydrogens is 457 g/mol. The van der Waals surface area contributed by atoms with Crippen LogP contribution in [0.4, 0.5) is 0 Å². The molecule has 0 radical (unpaired) electrons. The van der Waals surface area contributed by atoms with Crippen LogP contribution in [-0.2, 0) is 23.1 Å². The Kier molecular flexibility index (Phi) is 22.2. The molecule has 0 spiro atoms. The lowest BCUT2D eigenvalue weighted by atomic mass is 10.2. The van der Waals surface area contributed by atoms with Crippen molar-refractivity contribution in [2.45, 2.75) is 77.2 Å². The van der Waals surface area contributed by atoms with E-state index in [-0.39, 0.29) is 26.2 Å². The van der Waals surface area contributed by atoms with Crippen LogP contribution in [0.15, 0.2) is 48.6 Å². The van der Waals surface area contributed by atoms with Crippen LogP contribution in [0.1, 0.15) is 71.1 Å². The zero-order valence-electron chi connectivity index (χ0n) is 20.6. The van der Waals surface area contributed by atoms with E-state index in [2.05, 4.69) is 54.0 Å². The summed E-state index contributed by atoms with van der Waals surface area (Å²) in [6, 6.07) is 0. The van der Waals surface area contributed by atoms with Crippen LogP contribution in [0, 0.1) is 0 Å². The van der Waals surface area contributed by atoms with Crippen molar-refractivity contribution >= 4 is 13.8 Å². The van der Waals surface area contributed by atoms with E-state index < -0.39 is 26.5 Å². The standard InChI is InChI=1S/C25H44NO7P/c1-2-3-4-5-6-7-8-9-10-11-12-13-14-15-16-17-18-19-25(28)31-23-24(22-27)33-34(29,30)32-21-20-26/h6-7,9-10,12-13,15-16,24,27H,2-5,8,11,14,17-23,26H2,1H3,(H,29,30)/b7-6-,10-9-,13-12-,16-15-. The molecule has 0 aliphatic carbocycles. The van der Waals surface area contributed by atoms with Crippen molar-refractivity contribution in [1.29, 1.82) is 0 Å². The van der Waals surface area contributed by atoms with Gasteiger partial charge in [-0.15, -0.1) is 0 Å². The maximum absolute atomic E-state index is 11.8. The van der Waals surface area contributed by atoms with E-state index in [0.717, 1.165) is 25.7 Å². The first-order valence-electron chi connectivity index (χ1n) is 12.2. The molecule has 0 aliphatic heterocycles. The van der Waals surface area contributed by atoms with Gasteiger partial charge < -0.3 is 20.5 Å². The van der Waals surface area contributed by atoms with Crippen LogP contribution in [0.5, 0.6) is 0 Å². The third-order valence-corrected chi connectivity index (χ3v) is 5.57. The molecule has 0 bridgehead atoms. The van der Waals surface area contributed by atoms with Crippen LogP contribution in [-0.4, -0.2) is 48.4 Å². The Bertz CT molecular complexity index is 662. The van der Waals surface area contributed by atoms with E-state index >= 15 is 0 Å². The maximum Gasteiger partial charge on any atom is 0.472 e. The Balaban J connectivity index is 3.80. The molecule has 0 fully saturated rings. The molecule has 0 aromatic heterocycles. The Morgan fingerprint density at radius 3 is 2.03 bits per heavy atom. The maximum atomic E-state index is 11.8. The number of carbonyl (C=O) groups excluding carboxylic acids is 1. The molecule has 196 valence electrons. The number of phosphoric acid groups is 1. The molecule has 2 atom stereocenters. The fourth-order valence-corrected chi connectivity index (χ4v) is 3.59. The molecule has 2 unspecified atom stereocenters. The van der Waals surface area contributed by atoms with Gasteiger partial charge in [-0.3, -0.25) is 13.8 Å². The highest BCUT2D eigenvalue weighted by atomic mass is 31.2. The molecule has 0 amide bonds. The van der Waals surface area contributed by atoms with Gasteiger partial charge >= 0.3 is 13.8 Å². The molecule has 4 N–H and O–H groups in total. The minimum atomic E-state index is -4.35. The summed E-state index contributed by atoms with van der Waals surface area (Å²) in [6.45, 7) is 1.17. The Hall–Kier alpha value is -1.54. The fraction of sp³-hybridized carbons (Fsp3) is 0.640. The second-order valence-corrected chi connectivity index (χ2v) is 9.07. The minimum absolute atomic E-state index is 0.0477. The van der Waals surface area contributed by atoms with E-state index in [4.69, 9.17) is 15.0 Å². The monoisotopic (exact) mass is 501 g/mol. The van der Waals surface area contributed by atoms with Crippen LogP contribution in [0.3, 0.4) is 0 Å². The molecule has 8 nitrogen and oxygen atoms in total. The number of aliphatic hydroxyl groups excluding tert-OH is 1. The molecule has 0 aliphatic rings. The van der Waals surface area contributed by atoms with Crippen LogP contribution in [0.2, 0.25) is 0 Å². The average molecular weight is 502 g/mol. The van der Waals surface area contributed by atoms with Crippen LogP contribution < -0.4 is 5.73 Å². The van der Waals surface area contributed by atoms with Gasteiger partial charge in [-0.2, -0.15) is 0 Å². The number of allylic oxidation sites excluding steroid dienone is 8. The highest BCUT2D eigenvalue weighted by Crippen LogP contribution is 2.44. The normalized spacial score (nSPS) is 15.1. The number of esters is 1. The average Bonchev–Trinajstić information content (AvgIpc) is 2.82. The number of hydrogen-bond acceptors (Lipinski definition) is 7. The minimum Gasteiger partial charge on any atom is -0.463 e. The number of phosphoric ester groups is 1. The van der Waals surface area contributed by atoms with E-state index in [1.807, 2.05) is 6.08 Å². The van der Waals surface area contributed by atoms with Gasteiger partial charge in [0.1, 0.15) is 12.7 Å². The number of ether oxygens (including phenoxy) is 1. The van der Waals surface area contributed by atoms with Crippen LogP contribution in [0.25, 0.3) is 0 Å². The SMILES string of the molecule is CCCCC/C=C\C/C=C\C/C=C\C/C=C\CCCC(=O)OCC(CO)OP(=O)(O)OCCN. The van der Waals surface area contributed by atoms with Crippen molar-refractivity contribution in [1.82, 2.24) is 0 Å². The lowest BCUT2D eigenvalue weighted by Crippen LogP contribution is -2.25. The van der Waals surface area contributed by atoms with Crippen molar-refractivity contribution in [3.8, 4) is 0 Å². The number of unbranched alkanes of at least 4 members (excludes halogenated alkanes) is 4. The first kappa shape index (κ1) is 32.5. The zero-order chi connectivity index (χ0) is 25.3. The topological polar surface area (TPSA) is 128 Å². The van der Waals surface area contributed by atoms with Crippen molar-refractivity contribution in [2.75, 3.05) is 26.4 Å². The van der Waals surface area contributed by atoms with Gasteiger partial charge in [0.25, 0.3) is 0 Å². The molecule has 34 heavy (non-hydrogen) atoms. The lowest BCUT2D eigenvalue weighted by Gasteiger charge is -2.18. The second-order valence-electron chi connectivity index (χ2n) is 7.66. The van der Waals surface area contributed by atoms with Crippen LogP contribution >= 0.6 is 7.82 Å². The predicted molar refractivity (Wildman–Crippen MR) is 136 cm³/mol. The molecule has 0 aromatic rings. The summed E-state index contributed by atoms with van der Waals surface area (Å²) >= 11 is 0. The summed E-state index contributed by atoms with van der Waals surface area (Å²) in [5, 5.41) is 9.21. The van der Waals surface area contributed by atoms with Crippen molar-refractivity contribution in [3.05, 3.63) is 48.6 Å². The van der Waals surface area contributed by atoms with E-state index in [1.54, 1.807) is 0 Å². The number of rotatable bonds is 22. The number of nitrogens with two attached hydrogens (primary N) is 1. The summed E-state index contributed by atoms with van der Waals surface area (Å²) in [4.78, 5) is 21.2. The number of hydrogen-bond donors (Lipinski definition) is 3. The first-order valence-corrected chi connectivity index (χ1v) is 13.7. The summed E-state index contributed by atoms with van der Waals surface area (Å²) in [5.74, 6) is -0.464. The van der Waals surface area contributed by atoms with Crippen molar-refractivity contribution < 1.29 is 33.1 Å². The summed E-state index contributed by atoms with van der Waals surface area (Å²) in [6.07, 6.45) is 25.4. The lowest BCUT2D eigenvalue weighted by molar-refractivity contribution is -0.147. The first-order chi connectivity index (χ1) is 16.4. The van der Waals surface area contributed by atoms with Gasteiger partial charge in [0, 0.05) is 13.0 Å². The Labute approximate surface area is 205 Å². The Morgan fingerprint density at radius 1 is 0.941 bits per heavy atom.